The predicted octanol–water partition coefficient (Wildman–Crippen LogP) is 3.38. The third kappa shape index (κ3) is 2.13. The summed E-state index contributed by atoms with van der Waals surface area (Å²) in [5.74, 6) is -0.321. The topological polar surface area (TPSA) is 30.7 Å². The maximum atomic E-state index is 13.1. The van der Waals surface area contributed by atoms with Crippen LogP contribution in [0.15, 0.2) is 47.5 Å². The highest BCUT2D eigenvalue weighted by Crippen LogP contribution is 2.18. The van der Waals surface area contributed by atoms with Crippen molar-refractivity contribution in [1.29, 1.82) is 0 Å². The van der Waals surface area contributed by atoms with Gasteiger partial charge < -0.3 is 4.57 Å². The summed E-state index contributed by atoms with van der Waals surface area (Å²) in [4.78, 5) is 8.26. The molecule has 0 fully saturated rings. The Morgan fingerprint density at radius 1 is 1.22 bits per heavy atom. The van der Waals surface area contributed by atoms with Crippen LogP contribution in [0.25, 0.3) is 11.0 Å². The molecule has 90 valence electrons. The Hall–Kier alpha value is -1.75. The molecule has 0 unspecified atom stereocenters. The van der Waals surface area contributed by atoms with Gasteiger partial charge in [0, 0.05) is 17.8 Å². The average Bonchev–Trinajstić information content (AvgIpc) is 2.72. The fraction of sp³-hybridized carbons (Fsp3) is 0.0769. The third-order valence-corrected chi connectivity index (χ3v) is 3.13. The molecule has 3 aromatic rings. The van der Waals surface area contributed by atoms with Crippen LogP contribution in [0.3, 0.4) is 0 Å². The predicted molar refractivity (Wildman–Crippen MR) is 70.7 cm³/mol. The number of halogens is 2. The second-order valence-electron chi connectivity index (χ2n) is 4.00. The van der Waals surface area contributed by atoms with Crippen molar-refractivity contribution in [2.45, 2.75) is 6.54 Å². The molecule has 0 bridgehead atoms. The van der Waals surface area contributed by atoms with E-state index in [1.807, 2.05) is 29.0 Å². The molecule has 0 N–H and O–H groups in total. The summed E-state index contributed by atoms with van der Waals surface area (Å²) in [5, 5.41) is 1.06. The van der Waals surface area contributed by atoms with E-state index in [0.29, 0.717) is 6.54 Å². The summed E-state index contributed by atoms with van der Waals surface area (Å²) in [5.41, 5.74) is 1.68. The molecule has 0 saturated carbocycles. The Balaban J connectivity index is 2.02. The maximum absolute atomic E-state index is 13.1. The van der Waals surface area contributed by atoms with E-state index in [4.69, 9.17) is 0 Å². The van der Waals surface area contributed by atoms with E-state index >= 15 is 0 Å². The highest BCUT2D eigenvalue weighted by molar-refractivity contribution is 9.10. The van der Waals surface area contributed by atoms with Crippen molar-refractivity contribution in [3.05, 3.63) is 58.8 Å². The lowest BCUT2D eigenvalue weighted by Crippen LogP contribution is -2.00. The van der Waals surface area contributed by atoms with Gasteiger partial charge in [0.25, 0.3) is 0 Å². The van der Waals surface area contributed by atoms with Crippen LogP contribution < -0.4 is 0 Å². The molecule has 3 heterocycles. The molecule has 0 spiro atoms. The molecule has 18 heavy (non-hydrogen) atoms. The molecule has 3 rings (SSSR count). The number of fused-ring (bicyclic) bond motifs is 1. The van der Waals surface area contributed by atoms with Crippen LogP contribution in [0.1, 0.15) is 5.56 Å². The highest BCUT2D eigenvalue weighted by Gasteiger charge is 2.04. The number of hydrogen-bond donors (Lipinski definition) is 0. The van der Waals surface area contributed by atoms with Crippen LogP contribution in [-0.4, -0.2) is 14.5 Å². The van der Waals surface area contributed by atoms with Gasteiger partial charge in [-0.15, -0.1) is 0 Å². The van der Waals surface area contributed by atoms with E-state index in [2.05, 4.69) is 25.9 Å². The van der Waals surface area contributed by atoms with Crippen LogP contribution in [0.5, 0.6) is 0 Å². The van der Waals surface area contributed by atoms with Crippen LogP contribution in [0.4, 0.5) is 4.39 Å². The molecule has 0 aliphatic carbocycles. The molecule has 0 saturated heterocycles. The van der Waals surface area contributed by atoms with Crippen LogP contribution in [-0.2, 0) is 6.54 Å². The molecule has 0 radical (unpaired) electrons. The lowest BCUT2D eigenvalue weighted by atomic mass is 10.3. The van der Waals surface area contributed by atoms with Crippen LogP contribution in [0, 0.1) is 5.82 Å². The van der Waals surface area contributed by atoms with Crippen LogP contribution in [0.2, 0.25) is 0 Å². The Kier molecular flexibility index (Phi) is 2.83. The fourth-order valence-corrected chi connectivity index (χ4v) is 2.20. The third-order valence-electron chi connectivity index (χ3n) is 2.69. The fourth-order valence-electron chi connectivity index (χ4n) is 1.90. The van der Waals surface area contributed by atoms with E-state index in [9.17, 15) is 4.39 Å². The Morgan fingerprint density at radius 2 is 2.11 bits per heavy atom. The molecule has 0 amide bonds. The maximum Gasteiger partial charge on any atom is 0.141 e. The van der Waals surface area contributed by atoms with Gasteiger partial charge in [0.05, 0.1) is 12.7 Å². The van der Waals surface area contributed by atoms with Gasteiger partial charge in [-0.25, -0.2) is 9.37 Å². The summed E-state index contributed by atoms with van der Waals surface area (Å²) in [7, 11) is 0. The zero-order valence-electron chi connectivity index (χ0n) is 9.35. The number of aromatic nitrogens is 3. The van der Waals surface area contributed by atoms with Gasteiger partial charge in [-0.1, -0.05) is 0 Å². The monoisotopic (exact) mass is 305 g/mol. The Labute approximate surface area is 111 Å². The van der Waals surface area contributed by atoms with Crippen molar-refractivity contribution < 1.29 is 4.39 Å². The molecule has 5 heteroatoms. The van der Waals surface area contributed by atoms with E-state index in [1.165, 1.54) is 12.3 Å². The molecule has 3 nitrogen and oxygen atoms in total. The first-order valence-corrected chi connectivity index (χ1v) is 6.22. The van der Waals surface area contributed by atoms with Crippen molar-refractivity contribution in [2.75, 3.05) is 0 Å². The van der Waals surface area contributed by atoms with Crippen LogP contribution >= 0.6 is 15.9 Å². The molecular weight excluding hydrogens is 297 g/mol. The normalized spacial score (nSPS) is 11.0. The minimum Gasteiger partial charge on any atom is -0.328 e. The molecule has 0 aliphatic heterocycles. The van der Waals surface area contributed by atoms with Gasteiger partial charge in [0.15, 0.2) is 0 Å². The summed E-state index contributed by atoms with van der Waals surface area (Å²) in [6, 6.07) is 7.36. The second-order valence-corrected chi connectivity index (χ2v) is 4.81. The number of hydrogen-bond acceptors (Lipinski definition) is 2. The SMILES string of the molecule is Fc1cncc(Cn2ccc3ccc(Br)nc32)c1. The smallest absolute Gasteiger partial charge is 0.141 e. The lowest BCUT2D eigenvalue weighted by Gasteiger charge is -2.05. The quantitative estimate of drug-likeness (QED) is 0.680. The number of rotatable bonds is 2. The van der Waals surface area contributed by atoms with Crippen molar-refractivity contribution >= 4 is 27.0 Å². The van der Waals surface area contributed by atoms with Crippen molar-refractivity contribution in [3.8, 4) is 0 Å². The Bertz CT molecular complexity index is 708. The minimum atomic E-state index is -0.321. The van der Waals surface area contributed by atoms with E-state index in [0.717, 1.165) is 21.2 Å². The van der Waals surface area contributed by atoms with Gasteiger partial charge >= 0.3 is 0 Å². The van der Waals surface area contributed by atoms with E-state index in [1.54, 1.807) is 6.20 Å². The van der Waals surface area contributed by atoms with Gasteiger partial charge in [0.1, 0.15) is 16.1 Å². The molecule has 0 atom stereocenters. The first kappa shape index (κ1) is 11.3. The summed E-state index contributed by atoms with van der Waals surface area (Å²) in [6.45, 7) is 0.553. The van der Waals surface area contributed by atoms with Crippen molar-refractivity contribution in [2.24, 2.45) is 0 Å². The summed E-state index contributed by atoms with van der Waals surface area (Å²) in [6.07, 6.45) is 4.80. The molecule has 0 aliphatic rings. The zero-order valence-corrected chi connectivity index (χ0v) is 10.9. The first-order chi connectivity index (χ1) is 8.72. The second kappa shape index (κ2) is 4.49. The molecular formula is C13H9BrFN3. The largest absolute Gasteiger partial charge is 0.328 e. The van der Waals surface area contributed by atoms with E-state index in [-0.39, 0.29) is 5.82 Å². The number of pyridine rings is 2. The average molecular weight is 306 g/mol. The minimum absolute atomic E-state index is 0.321. The highest BCUT2D eigenvalue weighted by atomic mass is 79.9. The lowest BCUT2D eigenvalue weighted by molar-refractivity contribution is 0.616. The van der Waals surface area contributed by atoms with Gasteiger partial charge in [0.2, 0.25) is 0 Å². The first-order valence-electron chi connectivity index (χ1n) is 5.43. The molecule has 0 aromatic carbocycles. The summed E-state index contributed by atoms with van der Waals surface area (Å²) >= 11 is 3.35. The van der Waals surface area contributed by atoms with E-state index < -0.39 is 0 Å². The Morgan fingerprint density at radius 3 is 2.94 bits per heavy atom. The zero-order chi connectivity index (χ0) is 12.5. The number of nitrogens with zero attached hydrogens (tertiary/aromatic N) is 3. The van der Waals surface area contributed by atoms with Gasteiger partial charge in [-0.05, 0) is 45.8 Å². The summed E-state index contributed by atoms with van der Waals surface area (Å²) < 4.78 is 15.8. The van der Waals surface area contributed by atoms with Crippen molar-refractivity contribution in [1.82, 2.24) is 14.5 Å². The van der Waals surface area contributed by atoms with Crippen molar-refractivity contribution in [3.63, 3.8) is 0 Å². The van der Waals surface area contributed by atoms with Gasteiger partial charge in [-0.2, -0.15) is 0 Å². The standard InChI is InChI=1S/C13H9BrFN3/c14-12-2-1-10-3-4-18(13(10)17-12)8-9-5-11(15)7-16-6-9/h1-7H,8H2. The van der Waals surface area contributed by atoms with Gasteiger partial charge in [-0.3, -0.25) is 4.98 Å². The molecule has 3 aromatic heterocycles.